The van der Waals surface area contributed by atoms with Gasteiger partial charge in [-0.05, 0) is 119 Å². The van der Waals surface area contributed by atoms with E-state index in [-0.39, 0.29) is 17.3 Å². The number of fused-ring (bicyclic) bond motifs is 7. The molecule has 0 bridgehead atoms. The summed E-state index contributed by atoms with van der Waals surface area (Å²) >= 11 is 0. The number of hydrogen-bond donors (Lipinski definition) is 0. The molecule has 0 radical (unpaired) electrons. The fraction of sp³-hybridized carbons (Fsp3) is 0.250. The summed E-state index contributed by atoms with van der Waals surface area (Å²) in [5, 5.41) is 2.89. The molecule has 0 saturated carbocycles. The maximum Gasteiger partial charge on any atom is 0.228 e. The zero-order chi connectivity index (χ0) is 36.9. The predicted octanol–water partition coefficient (Wildman–Crippen LogP) is 13.7. The number of rotatable bonds is 5. The monoisotopic (exact) mass is 695 g/mol. The summed E-state index contributed by atoms with van der Waals surface area (Å²) in [4.78, 5) is 10.4. The highest BCUT2D eigenvalue weighted by atomic mass is 16.3. The van der Waals surface area contributed by atoms with E-state index in [4.69, 9.17) is 18.8 Å². The first-order chi connectivity index (χ1) is 25.4. The highest BCUT2D eigenvalue weighted by molar-refractivity contribution is 6.13. The van der Waals surface area contributed by atoms with Crippen LogP contribution in [0.2, 0.25) is 0 Å². The Morgan fingerprint density at radius 3 is 2.00 bits per heavy atom. The summed E-state index contributed by atoms with van der Waals surface area (Å²) < 4.78 is 15.4. The van der Waals surface area contributed by atoms with Crippen LogP contribution in [-0.2, 0) is 5.41 Å². The second kappa shape index (κ2) is 11.9. The largest absolute Gasteiger partial charge is 0.454 e. The average Bonchev–Trinajstić information content (AvgIpc) is 3.80. The second-order valence-electron chi connectivity index (χ2n) is 16.4. The van der Waals surface area contributed by atoms with Gasteiger partial charge in [-0.1, -0.05) is 97.0 Å². The van der Waals surface area contributed by atoms with Crippen LogP contribution < -0.4 is 0 Å². The quantitative estimate of drug-likeness (QED) is 0.180. The van der Waals surface area contributed by atoms with Crippen molar-refractivity contribution in [3.8, 4) is 28.2 Å². The zero-order valence-corrected chi connectivity index (χ0v) is 32.1. The lowest BCUT2D eigenvalue weighted by molar-refractivity contribution is 0.589. The molecule has 0 spiro atoms. The maximum atomic E-state index is 6.74. The van der Waals surface area contributed by atoms with E-state index < -0.39 is 0 Å². The number of imidazole rings is 1. The predicted molar refractivity (Wildman–Crippen MR) is 221 cm³/mol. The molecule has 264 valence electrons. The molecule has 0 aliphatic rings. The number of hydrogen-bond acceptors (Lipinski definition) is 4. The Morgan fingerprint density at radius 2 is 1.30 bits per heavy atom. The highest BCUT2D eigenvalue weighted by Crippen LogP contribution is 2.44. The van der Waals surface area contributed by atoms with E-state index in [1.165, 1.54) is 44.6 Å². The molecule has 5 nitrogen and oxygen atoms in total. The molecule has 0 fully saturated rings. The number of aryl methyl sites for hydroxylation is 2. The van der Waals surface area contributed by atoms with Crippen molar-refractivity contribution in [2.75, 3.05) is 0 Å². The lowest BCUT2D eigenvalue weighted by atomic mass is 9.81. The Labute approximate surface area is 310 Å². The van der Waals surface area contributed by atoms with Crippen molar-refractivity contribution in [3.63, 3.8) is 0 Å². The molecule has 0 N–H and O–H groups in total. The molecule has 0 aliphatic carbocycles. The first kappa shape index (κ1) is 33.2. The van der Waals surface area contributed by atoms with Crippen molar-refractivity contribution in [2.24, 2.45) is 0 Å². The van der Waals surface area contributed by atoms with Gasteiger partial charge in [0.25, 0.3) is 0 Å². The first-order valence-corrected chi connectivity index (χ1v) is 18.8. The summed E-state index contributed by atoms with van der Waals surface area (Å²) in [7, 11) is 0. The van der Waals surface area contributed by atoms with E-state index in [1.807, 2.05) is 24.3 Å². The maximum absolute atomic E-state index is 6.74. The average molecular weight is 696 g/mol. The summed E-state index contributed by atoms with van der Waals surface area (Å²) in [5.41, 5.74) is 17.1. The van der Waals surface area contributed by atoms with E-state index in [0.717, 1.165) is 60.8 Å². The molecule has 0 amide bonds. The Hall–Kier alpha value is -5.68. The minimum atomic E-state index is 0.0843. The lowest BCUT2D eigenvalue weighted by Gasteiger charge is -2.26. The van der Waals surface area contributed by atoms with Crippen molar-refractivity contribution < 1.29 is 8.83 Å². The fourth-order valence-corrected chi connectivity index (χ4v) is 8.27. The van der Waals surface area contributed by atoms with Gasteiger partial charge in [0.05, 0.1) is 27.7 Å². The Kier molecular flexibility index (Phi) is 7.46. The van der Waals surface area contributed by atoms with Crippen LogP contribution in [0.1, 0.15) is 88.1 Å². The molecule has 5 aromatic carbocycles. The number of benzene rings is 5. The van der Waals surface area contributed by atoms with Crippen LogP contribution in [0.5, 0.6) is 0 Å². The number of furan rings is 2. The minimum Gasteiger partial charge on any atom is -0.454 e. The molecule has 4 heterocycles. The lowest BCUT2D eigenvalue weighted by Crippen LogP contribution is -2.12. The zero-order valence-electron chi connectivity index (χ0n) is 32.1. The van der Waals surface area contributed by atoms with Crippen LogP contribution in [0.4, 0.5) is 0 Å². The van der Waals surface area contributed by atoms with Gasteiger partial charge in [0.15, 0.2) is 5.58 Å². The number of para-hydroxylation sites is 4. The van der Waals surface area contributed by atoms with E-state index in [2.05, 4.69) is 140 Å². The van der Waals surface area contributed by atoms with Gasteiger partial charge in [-0.2, -0.15) is 0 Å². The highest BCUT2D eigenvalue weighted by Gasteiger charge is 2.27. The van der Waals surface area contributed by atoms with Gasteiger partial charge in [-0.15, -0.1) is 0 Å². The molecule has 0 atom stereocenters. The summed E-state index contributed by atoms with van der Waals surface area (Å²) in [6, 6.07) is 34.5. The third kappa shape index (κ3) is 5.20. The molecule has 9 rings (SSSR count). The van der Waals surface area contributed by atoms with Gasteiger partial charge in [0.1, 0.15) is 22.5 Å². The standard InChI is InChI=1S/C48H45N3O2/c1-26(2)35-23-30(42-28(5)21-31(22-29(42)6)48(7,8)9)24-36(27(3)4)44(35)51-39-19-12-11-18-38(39)49-46(51)34-17-14-16-32-37-25-41-43(50-47(37)53-45(32)34)33-15-10-13-20-40(33)52-41/h10-27H,1-9H3. The van der Waals surface area contributed by atoms with E-state index in [1.54, 1.807) is 0 Å². The summed E-state index contributed by atoms with van der Waals surface area (Å²) in [6.07, 6.45) is 0. The smallest absolute Gasteiger partial charge is 0.228 e. The van der Waals surface area contributed by atoms with Gasteiger partial charge in [0, 0.05) is 10.8 Å². The molecule has 5 heteroatoms. The van der Waals surface area contributed by atoms with Gasteiger partial charge in [-0.25, -0.2) is 9.97 Å². The third-order valence-electron chi connectivity index (χ3n) is 10.9. The first-order valence-electron chi connectivity index (χ1n) is 18.8. The molecular formula is C48H45N3O2. The SMILES string of the molecule is Cc1cc(C(C)(C)C)cc(C)c1-c1cc(C(C)C)c(-n2c(-c3cccc4c3oc3nc5c(cc34)oc3ccccc35)nc3ccccc32)c(C(C)C)c1. The normalized spacial score (nSPS) is 12.6. The molecule has 0 saturated heterocycles. The Morgan fingerprint density at radius 1 is 0.642 bits per heavy atom. The number of pyridine rings is 1. The van der Waals surface area contributed by atoms with Crippen molar-refractivity contribution in [2.45, 2.75) is 79.6 Å². The molecule has 53 heavy (non-hydrogen) atoms. The van der Waals surface area contributed by atoms with Crippen molar-refractivity contribution >= 4 is 55.2 Å². The third-order valence-corrected chi connectivity index (χ3v) is 10.9. The van der Waals surface area contributed by atoms with E-state index >= 15 is 0 Å². The minimum absolute atomic E-state index is 0.0843. The van der Waals surface area contributed by atoms with Crippen LogP contribution in [-0.4, -0.2) is 14.5 Å². The number of nitrogens with zero attached hydrogens (tertiary/aromatic N) is 3. The van der Waals surface area contributed by atoms with Crippen LogP contribution in [0.3, 0.4) is 0 Å². The van der Waals surface area contributed by atoms with Crippen LogP contribution in [0.15, 0.2) is 106 Å². The summed E-state index contributed by atoms with van der Waals surface area (Å²) in [6.45, 7) is 20.6. The van der Waals surface area contributed by atoms with E-state index in [9.17, 15) is 0 Å². The molecule has 4 aromatic heterocycles. The van der Waals surface area contributed by atoms with Crippen LogP contribution >= 0.6 is 0 Å². The van der Waals surface area contributed by atoms with Gasteiger partial charge in [-0.3, -0.25) is 4.57 Å². The van der Waals surface area contributed by atoms with Crippen LogP contribution in [0, 0.1) is 13.8 Å². The van der Waals surface area contributed by atoms with E-state index in [0.29, 0.717) is 5.71 Å². The Bertz CT molecular complexity index is 2860. The number of aromatic nitrogens is 3. The van der Waals surface area contributed by atoms with Crippen LogP contribution in [0.25, 0.3) is 83.4 Å². The van der Waals surface area contributed by atoms with Crippen molar-refractivity contribution in [3.05, 3.63) is 125 Å². The molecule has 0 aliphatic heterocycles. The fourth-order valence-electron chi connectivity index (χ4n) is 8.27. The topological polar surface area (TPSA) is 57.0 Å². The van der Waals surface area contributed by atoms with Crippen molar-refractivity contribution in [1.82, 2.24) is 14.5 Å². The molecule has 9 aromatic rings. The van der Waals surface area contributed by atoms with Gasteiger partial charge < -0.3 is 8.83 Å². The second-order valence-corrected chi connectivity index (χ2v) is 16.4. The summed E-state index contributed by atoms with van der Waals surface area (Å²) in [5.74, 6) is 1.35. The Balaban J connectivity index is 1.32. The molecular weight excluding hydrogens is 651 g/mol. The van der Waals surface area contributed by atoms with Crippen molar-refractivity contribution in [1.29, 1.82) is 0 Å². The van der Waals surface area contributed by atoms with Gasteiger partial charge >= 0.3 is 0 Å². The molecule has 0 unspecified atom stereocenters. The van der Waals surface area contributed by atoms with Gasteiger partial charge in [0.2, 0.25) is 5.71 Å².